The van der Waals surface area contributed by atoms with Crippen LogP contribution in [0.3, 0.4) is 0 Å². The Hall–Kier alpha value is -1.12. The Morgan fingerprint density at radius 2 is 2.06 bits per heavy atom. The molecule has 0 amide bonds. The summed E-state index contributed by atoms with van der Waals surface area (Å²) in [4.78, 5) is 11.4. The molecule has 1 unspecified atom stereocenters. The van der Waals surface area contributed by atoms with Crippen molar-refractivity contribution in [2.24, 2.45) is 0 Å². The average Bonchev–Trinajstić information content (AvgIpc) is 2.83. The van der Waals surface area contributed by atoms with Gasteiger partial charge >= 0.3 is 0 Å². The highest BCUT2D eigenvalue weighted by atomic mass is 15.2. The van der Waals surface area contributed by atoms with Crippen molar-refractivity contribution in [3.8, 4) is 0 Å². The molecule has 1 aliphatic heterocycles. The number of nitrogens with zero attached hydrogens (tertiary/aromatic N) is 3. The Balaban J connectivity index is 2.12. The molecule has 0 spiro atoms. The molecule has 88 valence electrons. The zero-order valence-electron chi connectivity index (χ0n) is 10.3. The molecule has 3 heteroatoms. The van der Waals surface area contributed by atoms with Gasteiger partial charge in [-0.25, -0.2) is 4.98 Å². The van der Waals surface area contributed by atoms with E-state index in [2.05, 4.69) is 23.7 Å². The zero-order chi connectivity index (χ0) is 11.4. The standard InChI is InChI=1S/C13H21N3/c1-3-6-11(2)12-9-14-10-13(15-12)16-7-4-5-8-16/h9-11H,3-8H2,1-2H3. The summed E-state index contributed by atoms with van der Waals surface area (Å²) >= 11 is 0. The average molecular weight is 219 g/mol. The predicted molar refractivity (Wildman–Crippen MR) is 66.8 cm³/mol. The molecule has 1 saturated heterocycles. The van der Waals surface area contributed by atoms with E-state index in [-0.39, 0.29) is 0 Å². The lowest BCUT2D eigenvalue weighted by Gasteiger charge is -2.17. The number of rotatable bonds is 4. The SMILES string of the molecule is CCCC(C)c1cncc(N2CCCC2)n1. The van der Waals surface area contributed by atoms with Crippen LogP contribution in [-0.4, -0.2) is 23.1 Å². The summed E-state index contributed by atoms with van der Waals surface area (Å²) in [5.74, 6) is 1.60. The molecular weight excluding hydrogens is 198 g/mol. The van der Waals surface area contributed by atoms with Crippen LogP contribution in [0.1, 0.15) is 51.1 Å². The van der Waals surface area contributed by atoms with Crippen LogP contribution in [0.2, 0.25) is 0 Å². The molecule has 1 aromatic rings. The fourth-order valence-electron chi connectivity index (χ4n) is 2.29. The second-order valence-corrected chi connectivity index (χ2v) is 4.69. The molecule has 0 aromatic carbocycles. The van der Waals surface area contributed by atoms with Gasteiger partial charge in [-0.1, -0.05) is 20.3 Å². The molecule has 0 radical (unpaired) electrons. The van der Waals surface area contributed by atoms with Crippen molar-refractivity contribution in [2.45, 2.75) is 45.4 Å². The smallest absolute Gasteiger partial charge is 0.147 e. The van der Waals surface area contributed by atoms with E-state index in [1.54, 1.807) is 0 Å². The van der Waals surface area contributed by atoms with Gasteiger partial charge in [0.15, 0.2) is 0 Å². The van der Waals surface area contributed by atoms with E-state index in [1.165, 1.54) is 25.7 Å². The molecule has 0 saturated carbocycles. The van der Waals surface area contributed by atoms with Gasteiger partial charge in [0.2, 0.25) is 0 Å². The van der Waals surface area contributed by atoms with Crippen LogP contribution in [0.5, 0.6) is 0 Å². The number of aromatic nitrogens is 2. The van der Waals surface area contributed by atoms with Crippen molar-refractivity contribution in [3.05, 3.63) is 18.1 Å². The minimum atomic E-state index is 0.528. The molecule has 3 nitrogen and oxygen atoms in total. The molecule has 0 aliphatic carbocycles. The van der Waals surface area contributed by atoms with Gasteiger partial charge in [0.05, 0.1) is 11.9 Å². The second kappa shape index (κ2) is 5.28. The van der Waals surface area contributed by atoms with E-state index < -0.39 is 0 Å². The highest BCUT2D eigenvalue weighted by Crippen LogP contribution is 2.22. The topological polar surface area (TPSA) is 29.0 Å². The summed E-state index contributed by atoms with van der Waals surface area (Å²) in [6.45, 7) is 6.73. The lowest BCUT2D eigenvalue weighted by Crippen LogP contribution is -2.19. The molecule has 2 heterocycles. The maximum Gasteiger partial charge on any atom is 0.147 e. The Labute approximate surface area is 97.9 Å². The minimum Gasteiger partial charge on any atom is -0.355 e. The second-order valence-electron chi connectivity index (χ2n) is 4.69. The molecule has 2 rings (SSSR count). The van der Waals surface area contributed by atoms with Crippen molar-refractivity contribution >= 4 is 5.82 Å². The first-order valence-corrected chi connectivity index (χ1v) is 6.38. The lowest BCUT2D eigenvalue weighted by atomic mass is 10.0. The van der Waals surface area contributed by atoms with Crippen LogP contribution in [0.4, 0.5) is 5.82 Å². The first-order chi connectivity index (χ1) is 7.81. The maximum absolute atomic E-state index is 4.74. The fraction of sp³-hybridized carbons (Fsp3) is 0.692. The highest BCUT2D eigenvalue weighted by molar-refractivity contribution is 5.37. The van der Waals surface area contributed by atoms with Crippen LogP contribution >= 0.6 is 0 Å². The van der Waals surface area contributed by atoms with Crippen molar-refractivity contribution in [2.75, 3.05) is 18.0 Å². The summed E-state index contributed by atoms with van der Waals surface area (Å²) < 4.78 is 0. The molecule has 1 fully saturated rings. The summed E-state index contributed by atoms with van der Waals surface area (Å²) in [6, 6.07) is 0. The number of hydrogen-bond donors (Lipinski definition) is 0. The summed E-state index contributed by atoms with van der Waals surface area (Å²) in [7, 11) is 0. The van der Waals surface area contributed by atoms with Crippen LogP contribution < -0.4 is 4.90 Å². The number of hydrogen-bond acceptors (Lipinski definition) is 3. The lowest BCUT2D eigenvalue weighted by molar-refractivity contribution is 0.643. The fourth-order valence-corrected chi connectivity index (χ4v) is 2.29. The molecular formula is C13H21N3. The minimum absolute atomic E-state index is 0.528. The molecule has 1 aliphatic rings. The largest absolute Gasteiger partial charge is 0.355 e. The Morgan fingerprint density at radius 1 is 1.31 bits per heavy atom. The summed E-state index contributed by atoms with van der Waals surface area (Å²) in [6.07, 6.45) is 8.79. The third-order valence-corrected chi connectivity index (χ3v) is 3.30. The Morgan fingerprint density at radius 3 is 2.75 bits per heavy atom. The van der Waals surface area contributed by atoms with Gasteiger partial charge in [0, 0.05) is 25.2 Å². The maximum atomic E-state index is 4.74. The summed E-state index contributed by atoms with van der Waals surface area (Å²) in [5, 5.41) is 0. The molecule has 16 heavy (non-hydrogen) atoms. The van der Waals surface area contributed by atoms with E-state index in [0.717, 1.165) is 24.6 Å². The Bertz CT molecular complexity index is 332. The highest BCUT2D eigenvalue weighted by Gasteiger charge is 2.15. The quantitative estimate of drug-likeness (QED) is 0.779. The van der Waals surface area contributed by atoms with Gasteiger partial charge in [0.25, 0.3) is 0 Å². The first kappa shape index (κ1) is 11.4. The monoisotopic (exact) mass is 219 g/mol. The normalized spacial score (nSPS) is 17.8. The van der Waals surface area contributed by atoms with E-state index in [9.17, 15) is 0 Å². The third kappa shape index (κ3) is 2.52. The van der Waals surface area contributed by atoms with E-state index >= 15 is 0 Å². The molecule has 0 bridgehead atoms. The van der Waals surface area contributed by atoms with Crippen molar-refractivity contribution < 1.29 is 0 Å². The van der Waals surface area contributed by atoms with Gasteiger partial charge in [-0.05, 0) is 19.3 Å². The van der Waals surface area contributed by atoms with E-state index in [4.69, 9.17) is 4.98 Å². The van der Waals surface area contributed by atoms with Crippen molar-refractivity contribution in [1.82, 2.24) is 9.97 Å². The van der Waals surface area contributed by atoms with Crippen molar-refractivity contribution in [1.29, 1.82) is 0 Å². The third-order valence-electron chi connectivity index (χ3n) is 3.30. The molecule has 0 N–H and O–H groups in total. The van der Waals surface area contributed by atoms with Gasteiger partial charge < -0.3 is 4.90 Å². The van der Waals surface area contributed by atoms with Crippen LogP contribution in [-0.2, 0) is 0 Å². The molecule has 1 aromatic heterocycles. The van der Waals surface area contributed by atoms with Gasteiger partial charge in [-0.15, -0.1) is 0 Å². The molecule has 1 atom stereocenters. The number of anilines is 1. The van der Waals surface area contributed by atoms with Crippen LogP contribution in [0, 0.1) is 0 Å². The summed E-state index contributed by atoms with van der Waals surface area (Å²) in [5.41, 5.74) is 1.14. The van der Waals surface area contributed by atoms with Crippen LogP contribution in [0.25, 0.3) is 0 Å². The van der Waals surface area contributed by atoms with Gasteiger partial charge in [-0.3, -0.25) is 4.98 Å². The van der Waals surface area contributed by atoms with Gasteiger partial charge in [-0.2, -0.15) is 0 Å². The van der Waals surface area contributed by atoms with Gasteiger partial charge in [0.1, 0.15) is 5.82 Å². The Kier molecular flexibility index (Phi) is 3.75. The van der Waals surface area contributed by atoms with Crippen LogP contribution in [0.15, 0.2) is 12.4 Å². The predicted octanol–water partition coefficient (Wildman–Crippen LogP) is 2.98. The first-order valence-electron chi connectivity index (χ1n) is 6.38. The van der Waals surface area contributed by atoms with E-state index in [0.29, 0.717) is 5.92 Å². The zero-order valence-corrected chi connectivity index (χ0v) is 10.3. The van der Waals surface area contributed by atoms with Crippen molar-refractivity contribution in [3.63, 3.8) is 0 Å². The van der Waals surface area contributed by atoms with E-state index in [1.807, 2.05) is 12.4 Å².